The minimum absolute atomic E-state index is 0.0686. The van der Waals surface area contributed by atoms with Gasteiger partial charge in [-0.1, -0.05) is 48.5 Å². The van der Waals surface area contributed by atoms with E-state index in [1.165, 1.54) is 0 Å². The molecule has 6 rings (SSSR count). The number of hydrogen-bond donors (Lipinski definition) is 5. The normalized spacial score (nSPS) is 55.0. The van der Waals surface area contributed by atoms with Crippen LogP contribution in [0.3, 0.4) is 0 Å². The van der Waals surface area contributed by atoms with Gasteiger partial charge in [-0.15, -0.1) is 0 Å². The largest absolute Gasteiger partial charge is 0.432 e. The van der Waals surface area contributed by atoms with E-state index in [1.807, 2.05) is 0 Å². The van der Waals surface area contributed by atoms with Crippen LogP contribution in [-0.4, -0.2) is 74.9 Å². The van der Waals surface area contributed by atoms with E-state index in [0.717, 1.165) is 64.2 Å². The molecule has 0 aromatic rings. The van der Waals surface area contributed by atoms with Gasteiger partial charge in [0.15, 0.2) is 0 Å². The van der Waals surface area contributed by atoms with Gasteiger partial charge in [-0.3, -0.25) is 4.79 Å². The maximum absolute atomic E-state index is 14.4. The predicted octanol–water partition coefficient (Wildman–Crippen LogP) is 4.43. The molecule has 1 heterocycles. The number of aliphatic hydroxyl groups excluding tert-OH is 5. The van der Waals surface area contributed by atoms with Crippen LogP contribution in [0, 0.1) is 62.6 Å². The van der Waals surface area contributed by atoms with E-state index in [2.05, 4.69) is 48.5 Å². The second-order valence-corrected chi connectivity index (χ2v) is 17.8. The third kappa shape index (κ3) is 4.32. The molecule has 0 amide bonds. The van der Waals surface area contributed by atoms with Crippen molar-refractivity contribution in [2.75, 3.05) is 6.61 Å². The second kappa shape index (κ2) is 10.9. The Morgan fingerprint density at radius 2 is 1.50 bits per heavy atom. The highest BCUT2D eigenvalue weighted by atomic mass is 16.7. The summed E-state index contributed by atoms with van der Waals surface area (Å²) in [6.45, 7) is 16.2. The molecular formula is C36H60O8. The Morgan fingerprint density at radius 1 is 0.795 bits per heavy atom. The summed E-state index contributed by atoms with van der Waals surface area (Å²) < 4.78 is 11.6. The molecule has 0 aromatic heterocycles. The molecule has 5 aliphatic carbocycles. The molecule has 6 aliphatic rings. The number of carbonyl (C=O) groups is 1. The van der Waals surface area contributed by atoms with Crippen LogP contribution in [0.5, 0.6) is 0 Å². The Hall–Kier alpha value is -0.770. The Labute approximate surface area is 264 Å². The summed E-state index contributed by atoms with van der Waals surface area (Å²) in [5, 5.41) is 52.1. The summed E-state index contributed by atoms with van der Waals surface area (Å²) in [7, 11) is 0. The molecule has 252 valence electrons. The number of ether oxygens (including phenoxy) is 2. The van der Waals surface area contributed by atoms with E-state index in [-0.39, 0.29) is 39.7 Å². The van der Waals surface area contributed by atoms with Gasteiger partial charge >= 0.3 is 5.97 Å². The zero-order valence-corrected chi connectivity index (χ0v) is 28.2. The number of hydrogen-bond acceptors (Lipinski definition) is 8. The molecule has 44 heavy (non-hydrogen) atoms. The topological polar surface area (TPSA) is 137 Å². The summed E-state index contributed by atoms with van der Waals surface area (Å²) in [5.74, 6) is 2.06. The van der Waals surface area contributed by atoms with Crippen molar-refractivity contribution >= 4 is 5.97 Å². The molecule has 5 saturated carbocycles. The summed E-state index contributed by atoms with van der Waals surface area (Å²) in [6.07, 6.45) is 2.42. The van der Waals surface area contributed by atoms with Crippen molar-refractivity contribution < 1.29 is 39.8 Å². The third-order valence-electron chi connectivity index (χ3n) is 15.8. The molecule has 0 unspecified atom stereocenters. The van der Waals surface area contributed by atoms with Crippen LogP contribution in [0.15, 0.2) is 0 Å². The highest BCUT2D eigenvalue weighted by Gasteiger charge is 2.72. The van der Waals surface area contributed by atoms with Crippen molar-refractivity contribution in [2.24, 2.45) is 62.6 Å². The van der Waals surface area contributed by atoms with Gasteiger partial charge in [0.1, 0.15) is 24.4 Å². The first-order chi connectivity index (χ1) is 20.5. The highest BCUT2D eigenvalue weighted by Crippen LogP contribution is 2.77. The van der Waals surface area contributed by atoms with Crippen molar-refractivity contribution in [3.8, 4) is 0 Å². The molecule has 0 bridgehead atoms. The zero-order valence-electron chi connectivity index (χ0n) is 28.2. The van der Waals surface area contributed by atoms with Gasteiger partial charge in [0.05, 0.1) is 18.1 Å². The van der Waals surface area contributed by atoms with Crippen LogP contribution < -0.4 is 0 Å². The maximum atomic E-state index is 14.4. The van der Waals surface area contributed by atoms with Gasteiger partial charge in [0, 0.05) is 0 Å². The highest BCUT2D eigenvalue weighted by molar-refractivity contribution is 5.78. The van der Waals surface area contributed by atoms with E-state index in [4.69, 9.17) is 9.47 Å². The molecular weight excluding hydrogens is 560 g/mol. The van der Waals surface area contributed by atoms with Crippen molar-refractivity contribution in [1.82, 2.24) is 0 Å². The number of carbonyl (C=O) groups excluding carboxylic acids is 1. The van der Waals surface area contributed by atoms with Crippen LogP contribution in [0.4, 0.5) is 0 Å². The average Bonchev–Trinajstić information content (AvgIpc) is 3.37. The molecule has 0 radical (unpaired) electrons. The molecule has 8 heteroatoms. The summed E-state index contributed by atoms with van der Waals surface area (Å²) in [5.41, 5.74) is -0.376. The van der Waals surface area contributed by atoms with E-state index in [0.29, 0.717) is 29.6 Å². The number of fused-ring (bicyclic) bond motifs is 7. The minimum atomic E-state index is -1.59. The van der Waals surface area contributed by atoms with E-state index < -0.39 is 42.7 Å². The number of aliphatic hydroxyl groups is 5. The van der Waals surface area contributed by atoms with Crippen molar-refractivity contribution in [3.63, 3.8) is 0 Å². The summed E-state index contributed by atoms with van der Waals surface area (Å²) in [4.78, 5) is 14.4. The lowest BCUT2D eigenvalue weighted by Gasteiger charge is -2.72. The predicted molar refractivity (Wildman–Crippen MR) is 165 cm³/mol. The van der Waals surface area contributed by atoms with Gasteiger partial charge in [-0.05, 0) is 121 Å². The molecule has 0 spiro atoms. The van der Waals surface area contributed by atoms with Gasteiger partial charge < -0.3 is 35.0 Å². The lowest BCUT2D eigenvalue weighted by atomic mass is 9.32. The fourth-order valence-electron chi connectivity index (χ4n) is 13.1. The van der Waals surface area contributed by atoms with E-state index >= 15 is 0 Å². The second-order valence-electron chi connectivity index (χ2n) is 17.8. The SMILES string of the molecule is CC(C)[C@@H]1CC[C@]2(C(=O)O[C@@H]3O[C@H](CO)[C@H](O)[C@H](O)[C@H]3O)CC[C@]3(C)[C@H](CC[C@@H]4[C@@]5(C)CC[C@H](O)C(C)(C)[C@@H]5CC[C@]43C)[C@@H]12. The lowest BCUT2D eigenvalue weighted by molar-refractivity contribution is -0.299. The monoisotopic (exact) mass is 620 g/mol. The van der Waals surface area contributed by atoms with Gasteiger partial charge in [0.25, 0.3) is 0 Å². The molecule has 15 atom stereocenters. The number of rotatable bonds is 4. The fourth-order valence-corrected chi connectivity index (χ4v) is 13.1. The first kappa shape index (κ1) is 33.1. The quantitative estimate of drug-likeness (QED) is 0.291. The van der Waals surface area contributed by atoms with Gasteiger partial charge in [-0.2, -0.15) is 0 Å². The van der Waals surface area contributed by atoms with E-state index in [9.17, 15) is 30.3 Å². The average molecular weight is 621 g/mol. The Bertz CT molecular complexity index is 1110. The Kier molecular flexibility index (Phi) is 8.20. The number of esters is 1. The van der Waals surface area contributed by atoms with Crippen molar-refractivity contribution in [3.05, 3.63) is 0 Å². The molecule has 5 N–H and O–H groups in total. The fraction of sp³-hybridized carbons (Fsp3) is 0.972. The Balaban J connectivity index is 1.32. The van der Waals surface area contributed by atoms with Crippen LogP contribution in [-0.2, 0) is 14.3 Å². The van der Waals surface area contributed by atoms with Crippen LogP contribution in [0.25, 0.3) is 0 Å². The Morgan fingerprint density at radius 3 is 2.16 bits per heavy atom. The lowest BCUT2D eigenvalue weighted by Crippen LogP contribution is -2.67. The smallest absolute Gasteiger partial charge is 0.314 e. The molecule has 8 nitrogen and oxygen atoms in total. The van der Waals surface area contributed by atoms with Crippen molar-refractivity contribution in [1.29, 1.82) is 0 Å². The zero-order chi connectivity index (χ0) is 32.2. The molecule has 1 aliphatic heterocycles. The first-order valence-electron chi connectivity index (χ1n) is 17.7. The van der Waals surface area contributed by atoms with E-state index in [1.54, 1.807) is 0 Å². The summed E-state index contributed by atoms with van der Waals surface area (Å²) in [6, 6.07) is 0. The van der Waals surface area contributed by atoms with Gasteiger partial charge in [0.2, 0.25) is 6.29 Å². The third-order valence-corrected chi connectivity index (χ3v) is 15.8. The molecule has 1 saturated heterocycles. The van der Waals surface area contributed by atoms with Gasteiger partial charge in [-0.25, -0.2) is 0 Å². The maximum Gasteiger partial charge on any atom is 0.314 e. The molecule has 6 fully saturated rings. The standard InChI is InChI=1S/C36H60O8/c1-19(2)20-10-15-36(31(42)44-30-29(41)28(40)27(39)22(18-37)43-30)17-16-34(6)21(26(20)36)8-9-24-33(5)13-12-25(38)32(3,4)23(33)11-14-35(24,34)7/h19-30,37-41H,8-18H2,1-7H3/t20-,21+,22+,23-,24+,25-,26+,27-,28-,29+,30-,33-,34+,35+,36-/m0/s1. The first-order valence-corrected chi connectivity index (χ1v) is 17.7. The molecule has 0 aromatic carbocycles. The van der Waals surface area contributed by atoms with Crippen LogP contribution in [0.2, 0.25) is 0 Å². The minimum Gasteiger partial charge on any atom is -0.432 e. The summed E-state index contributed by atoms with van der Waals surface area (Å²) >= 11 is 0. The van der Waals surface area contributed by atoms with Crippen LogP contribution in [0.1, 0.15) is 113 Å². The van der Waals surface area contributed by atoms with Crippen LogP contribution >= 0.6 is 0 Å². The van der Waals surface area contributed by atoms with Crippen molar-refractivity contribution in [2.45, 2.75) is 149 Å².